The average molecular weight is 1250 g/mol. The quantitative estimate of drug-likeness (QED) is 0.0324. The third-order valence-electron chi connectivity index (χ3n) is 14.8. The molecule has 0 radical (unpaired) electrons. The van der Waals surface area contributed by atoms with Gasteiger partial charge in [-0.3, -0.25) is 19.2 Å². The van der Waals surface area contributed by atoms with Crippen molar-refractivity contribution in [2.75, 3.05) is 77.5 Å². The molecular weight excluding hydrogens is 1180 g/mol. The monoisotopic (exact) mass is 1250 g/mol. The van der Waals surface area contributed by atoms with Crippen LogP contribution in [0.3, 0.4) is 0 Å². The summed E-state index contributed by atoms with van der Waals surface area (Å²) in [5, 5.41) is 33.5. The number of nitrogens with zero attached hydrogens (tertiary/aromatic N) is 10. The van der Waals surface area contributed by atoms with Crippen LogP contribution in [0.5, 0.6) is 0 Å². The Morgan fingerprint density at radius 3 is 1.54 bits per heavy atom. The van der Waals surface area contributed by atoms with Gasteiger partial charge in [0, 0.05) is 64.6 Å². The van der Waals surface area contributed by atoms with Gasteiger partial charge in [-0.05, 0) is 98.5 Å². The highest BCUT2D eigenvalue weighted by Gasteiger charge is 2.40. The Kier molecular flexibility index (Phi) is 20.2. The van der Waals surface area contributed by atoms with Crippen molar-refractivity contribution in [2.45, 2.75) is 108 Å². The number of methoxy groups -OCH3 is 2. The number of aliphatic hydroxyl groups excluding tert-OH is 2. The molecule has 6 aromatic rings. The van der Waals surface area contributed by atoms with Crippen molar-refractivity contribution in [1.82, 2.24) is 48.5 Å². The zero-order valence-corrected chi connectivity index (χ0v) is 51.4. The molecule has 6 heterocycles. The predicted molar refractivity (Wildman–Crippen MR) is 324 cm³/mol. The van der Waals surface area contributed by atoms with Gasteiger partial charge in [0.15, 0.2) is 5.69 Å². The zero-order chi connectivity index (χ0) is 61.6. The Morgan fingerprint density at radius 2 is 1.14 bits per heavy atom. The van der Waals surface area contributed by atoms with Gasteiger partial charge < -0.3 is 60.7 Å². The number of nitrogens with one attached hydrogen (secondary N) is 2. The molecule has 22 nitrogen and oxygen atoms in total. The number of ether oxygens (including phenoxy) is 2. The van der Waals surface area contributed by atoms with E-state index in [1.807, 2.05) is 13.8 Å². The lowest BCUT2D eigenvalue weighted by Crippen LogP contribution is -2.37. The van der Waals surface area contributed by atoms with Crippen LogP contribution in [0.15, 0.2) is 54.2 Å². The Bertz CT molecular complexity index is 3670. The molecule has 0 unspecified atom stereocenters. The van der Waals surface area contributed by atoms with Gasteiger partial charge in [-0.2, -0.15) is 10.2 Å². The molecule has 2 aromatic carbocycles. The molecule has 452 valence electrons. The molecule has 4 amide bonds. The minimum absolute atomic E-state index is 0.0214. The van der Waals surface area contributed by atoms with Crippen LogP contribution in [-0.4, -0.2) is 169 Å². The van der Waals surface area contributed by atoms with Gasteiger partial charge in [-0.15, -0.1) is 5.54 Å². The van der Waals surface area contributed by atoms with E-state index in [1.165, 1.54) is 31.1 Å². The Hall–Kier alpha value is -7.72. The van der Waals surface area contributed by atoms with Gasteiger partial charge in [0.25, 0.3) is 11.8 Å². The number of aliphatic hydroxyl groups is 2. The van der Waals surface area contributed by atoms with E-state index in [9.17, 15) is 28.7 Å². The van der Waals surface area contributed by atoms with Crippen molar-refractivity contribution >= 4 is 81.3 Å². The van der Waals surface area contributed by atoms with E-state index < -0.39 is 25.7 Å². The van der Waals surface area contributed by atoms with E-state index in [4.69, 9.17) is 26.0 Å². The first kappa shape index (κ1) is 63.3. The summed E-state index contributed by atoms with van der Waals surface area (Å²) in [5.41, 5.74) is 18.4. The number of rotatable bonds is 18. The Labute approximate surface area is 501 Å². The fourth-order valence-corrected chi connectivity index (χ4v) is 11.9. The summed E-state index contributed by atoms with van der Waals surface area (Å²) in [7, 11) is 1.63. The Morgan fingerprint density at radius 1 is 0.706 bits per heavy atom. The molecule has 0 bridgehead atoms. The molecule has 4 atom stereocenters. The maximum absolute atomic E-state index is 15.2. The number of amides is 4. The fraction of sp³-hybridized carbons (Fsp3) is 0.458. The molecule has 2 saturated heterocycles. The van der Waals surface area contributed by atoms with Gasteiger partial charge in [0.1, 0.15) is 58.7 Å². The van der Waals surface area contributed by atoms with Crippen molar-refractivity contribution < 1.29 is 47.6 Å². The number of benzene rings is 2. The summed E-state index contributed by atoms with van der Waals surface area (Å²) in [5.74, 6) is 8.55. The van der Waals surface area contributed by atoms with Gasteiger partial charge in [-0.25, -0.2) is 28.1 Å². The predicted octanol–water partition coefficient (Wildman–Crippen LogP) is 6.06. The summed E-state index contributed by atoms with van der Waals surface area (Å²) in [6.07, 6.45) is 8.04. The average Bonchev–Trinajstić information content (AvgIpc) is 2.83. The van der Waals surface area contributed by atoms with Crippen molar-refractivity contribution in [1.29, 1.82) is 0 Å². The summed E-state index contributed by atoms with van der Waals surface area (Å²) in [6.45, 7) is 18.9. The molecule has 2 aliphatic heterocycles. The van der Waals surface area contributed by atoms with Crippen LogP contribution in [0.25, 0.3) is 22.1 Å². The topological polar surface area (TPSA) is 281 Å². The maximum Gasteiger partial charge on any atom is 0.255 e. The van der Waals surface area contributed by atoms with Crippen molar-refractivity contribution in [2.24, 2.45) is 11.5 Å². The third-order valence-corrected chi connectivity index (χ3v) is 16.2. The lowest BCUT2D eigenvalue weighted by Gasteiger charge is -2.22. The SMILES string of the molecule is C=CC(=O)N1C[C@@H](n2nc(Br)c(C(N)=O)c2NCCO)C[C@@H]1COC.C=CC(=O)N1C[C@@H](n2nc(C#Cc3cc4nc(C)n(C5CC5)c4cc3F)c(C(N)=O)c2NCCO)C[C@@H]1COC.Cc1nc2cc(C#C[Si](C)(C)C)c(F)cc2n1C1CC1. The molecule has 85 heavy (non-hydrogen) atoms. The normalized spacial score (nSPS) is 18.2. The number of likely N-dealkylation sites (tertiary alicyclic amines) is 2. The third kappa shape index (κ3) is 14.3. The number of imidazole rings is 2. The van der Waals surface area contributed by atoms with Crippen LogP contribution in [0.1, 0.15) is 112 Å². The van der Waals surface area contributed by atoms with Gasteiger partial charge >= 0.3 is 0 Å². The fourth-order valence-electron chi connectivity index (χ4n) is 10.8. The minimum Gasteiger partial charge on any atom is -0.395 e. The molecule has 0 spiro atoms. The molecular formula is C59H73BrF2N14O8Si. The molecule has 8 N–H and O–H groups in total. The number of hydrogen-bond donors (Lipinski definition) is 6. The smallest absolute Gasteiger partial charge is 0.255 e. The van der Waals surface area contributed by atoms with Gasteiger partial charge in [0.05, 0.1) is 83.8 Å². The molecule has 4 aromatic heterocycles. The first-order chi connectivity index (χ1) is 40.6. The number of aromatic nitrogens is 8. The van der Waals surface area contributed by atoms with Crippen molar-refractivity contribution in [3.8, 4) is 23.3 Å². The zero-order valence-electron chi connectivity index (χ0n) is 48.8. The van der Waals surface area contributed by atoms with Gasteiger partial charge in [0.2, 0.25) is 11.8 Å². The van der Waals surface area contributed by atoms with Crippen LogP contribution in [0, 0.1) is 48.8 Å². The van der Waals surface area contributed by atoms with E-state index in [-0.39, 0.29) is 103 Å². The number of anilines is 2. The first-order valence-electron chi connectivity index (χ1n) is 28.0. The van der Waals surface area contributed by atoms with Crippen LogP contribution in [0.4, 0.5) is 20.4 Å². The largest absolute Gasteiger partial charge is 0.395 e. The van der Waals surface area contributed by atoms with Crippen LogP contribution >= 0.6 is 15.9 Å². The number of carbonyl (C=O) groups excluding carboxylic acids is 4. The molecule has 2 saturated carbocycles. The summed E-state index contributed by atoms with van der Waals surface area (Å²) < 4.78 is 47.7. The summed E-state index contributed by atoms with van der Waals surface area (Å²) in [6, 6.07) is 6.43. The van der Waals surface area contributed by atoms with Gasteiger partial charge in [-0.1, -0.05) is 44.6 Å². The van der Waals surface area contributed by atoms with Crippen molar-refractivity contribution in [3.63, 3.8) is 0 Å². The molecule has 4 aliphatic rings. The summed E-state index contributed by atoms with van der Waals surface area (Å²) >= 11 is 3.25. The second-order valence-electron chi connectivity index (χ2n) is 22.3. The van der Waals surface area contributed by atoms with E-state index >= 15 is 4.39 Å². The van der Waals surface area contributed by atoms with E-state index in [0.29, 0.717) is 66.2 Å². The number of halogens is 3. The lowest BCUT2D eigenvalue weighted by atomic mass is 10.1. The lowest BCUT2D eigenvalue weighted by molar-refractivity contribution is -0.128. The molecule has 26 heteroatoms. The highest BCUT2D eigenvalue weighted by atomic mass is 79.9. The maximum atomic E-state index is 15.2. The van der Waals surface area contributed by atoms with Crippen LogP contribution in [0.2, 0.25) is 19.6 Å². The second-order valence-corrected chi connectivity index (χ2v) is 27.8. The van der Waals surface area contributed by atoms with Crippen LogP contribution in [-0.2, 0) is 19.1 Å². The number of nitrogens with two attached hydrogens (primary N) is 2. The molecule has 4 fully saturated rings. The number of hydrogen-bond acceptors (Lipinski definition) is 14. The number of primary amides is 2. The van der Waals surface area contributed by atoms with E-state index in [1.54, 1.807) is 51.6 Å². The number of carbonyl (C=O) groups is 4. The minimum atomic E-state index is -1.50. The van der Waals surface area contributed by atoms with Crippen LogP contribution < -0.4 is 22.1 Å². The van der Waals surface area contributed by atoms with E-state index in [2.05, 4.69) is 112 Å². The molecule has 10 rings (SSSR count). The highest BCUT2D eigenvalue weighted by Crippen LogP contribution is 2.41. The number of aryl methyl sites for hydroxylation is 2. The van der Waals surface area contributed by atoms with Crippen molar-refractivity contribution in [3.05, 3.63) is 105 Å². The summed E-state index contributed by atoms with van der Waals surface area (Å²) in [4.78, 5) is 61.4. The first-order valence-corrected chi connectivity index (χ1v) is 32.3. The molecule has 2 aliphatic carbocycles. The number of fused-ring (bicyclic) bond motifs is 2. The highest BCUT2D eigenvalue weighted by molar-refractivity contribution is 9.10. The van der Waals surface area contributed by atoms with E-state index in [0.717, 1.165) is 41.0 Å². The second kappa shape index (κ2) is 27.1. The standard InChI is InChI=1S/C28H32FN7O4.C16H19FN2Si.C15H22BrN5O4/c1-4-25(38)34-14-19(12-20(34)15-40-3)36-28(31-9-10-37)26(27(30)39)22(33-36)8-5-17-11-23-24(13-21(17)29)35(16(2)32-23)18-6-7-18;1-11-18-15-9-12(7-8-20(2,3)4)14(17)10-16(15)19(11)13-5-6-13;1-3-11(23)20-7-9(6-10(20)8-25-2)21-15(18-4-5-22)12(14(17)24)13(16)19-21/h4,11,13,18-20,31,37H,1,6-7,9-10,12,14-15H2,2-3H3,(H2,30,39);9-10,13H,5-6H2,1-4H3;3,9-10,18,22H,1,4-8H2,2H3,(H2,17,24)/t19-,20+;;9-,10+/m0.0/s1. The Balaban J connectivity index is 0.000000179.